The van der Waals surface area contributed by atoms with E-state index >= 15 is 0 Å². The summed E-state index contributed by atoms with van der Waals surface area (Å²) < 4.78 is 28.4. The Labute approximate surface area is 112 Å². The Morgan fingerprint density at radius 1 is 1.11 bits per heavy atom. The first-order valence-corrected chi connectivity index (χ1v) is 7.57. The average molecular weight is 284 g/mol. The molecule has 0 aliphatic heterocycles. The van der Waals surface area contributed by atoms with E-state index in [-0.39, 0.29) is 17.3 Å². The van der Waals surface area contributed by atoms with E-state index in [2.05, 4.69) is 4.74 Å². The number of ketones is 1. The molecule has 0 heterocycles. The number of carbonyl (C=O) groups excluding carboxylic acids is 2. The van der Waals surface area contributed by atoms with Gasteiger partial charge in [0, 0.05) is 12.0 Å². The summed E-state index contributed by atoms with van der Waals surface area (Å²) in [4.78, 5) is 22.6. The van der Waals surface area contributed by atoms with Crippen LogP contribution in [-0.2, 0) is 19.4 Å². The van der Waals surface area contributed by atoms with Crippen molar-refractivity contribution in [1.82, 2.24) is 0 Å². The Balaban J connectivity index is 2.91. The topological polar surface area (TPSA) is 77.5 Å². The second kappa shape index (κ2) is 6.47. The highest BCUT2D eigenvalue weighted by Gasteiger charge is 2.20. The Hall–Kier alpha value is -1.69. The van der Waals surface area contributed by atoms with Crippen LogP contribution in [0.15, 0.2) is 29.2 Å². The molecule has 1 rings (SSSR count). The van der Waals surface area contributed by atoms with Gasteiger partial charge in [0.25, 0.3) is 0 Å². The minimum Gasteiger partial charge on any atom is -0.465 e. The fourth-order valence-corrected chi connectivity index (χ4v) is 2.60. The van der Waals surface area contributed by atoms with Gasteiger partial charge in [0.2, 0.25) is 0 Å². The summed E-state index contributed by atoms with van der Waals surface area (Å²) in [5.74, 6) is -1.53. The fraction of sp³-hybridized carbons (Fsp3) is 0.385. The molecule has 0 bridgehead atoms. The van der Waals surface area contributed by atoms with E-state index in [0.29, 0.717) is 12.0 Å². The standard InChI is InChI=1S/C13H16O5S/c1-3-12(14)10-5-7-11(8-6-10)19(16,17)9-13(15)18-4-2/h5-8H,3-4,9H2,1-2H3. The second-order valence-corrected chi connectivity index (χ2v) is 5.85. The molecule has 5 nitrogen and oxygen atoms in total. The molecule has 19 heavy (non-hydrogen) atoms. The highest BCUT2D eigenvalue weighted by Crippen LogP contribution is 2.14. The van der Waals surface area contributed by atoms with Crippen molar-refractivity contribution in [2.45, 2.75) is 25.2 Å². The molecule has 1 aromatic rings. The molecule has 0 unspecified atom stereocenters. The minimum atomic E-state index is -3.72. The lowest BCUT2D eigenvalue weighted by atomic mass is 10.1. The van der Waals surface area contributed by atoms with Crippen LogP contribution in [0, 0.1) is 0 Å². The lowest BCUT2D eigenvalue weighted by Gasteiger charge is -2.05. The number of rotatable bonds is 6. The molecular weight excluding hydrogens is 268 g/mol. The van der Waals surface area contributed by atoms with Gasteiger partial charge in [0.05, 0.1) is 11.5 Å². The first-order chi connectivity index (χ1) is 8.90. The third-order valence-corrected chi connectivity index (χ3v) is 4.08. The fourth-order valence-electron chi connectivity index (χ4n) is 1.49. The van der Waals surface area contributed by atoms with Gasteiger partial charge < -0.3 is 4.74 Å². The van der Waals surface area contributed by atoms with Crippen molar-refractivity contribution in [3.8, 4) is 0 Å². The Bertz CT molecular complexity index is 557. The molecule has 0 atom stereocenters. The van der Waals surface area contributed by atoms with E-state index in [1.807, 2.05) is 0 Å². The first-order valence-electron chi connectivity index (χ1n) is 5.92. The normalized spacial score (nSPS) is 11.1. The molecule has 0 radical (unpaired) electrons. The second-order valence-electron chi connectivity index (χ2n) is 3.87. The van der Waals surface area contributed by atoms with Gasteiger partial charge in [-0.15, -0.1) is 0 Å². The minimum absolute atomic E-state index is 0.00760. The van der Waals surface area contributed by atoms with Gasteiger partial charge in [0.15, 0.2) is 21.4 Å². The van der Waals surface area contributed by atoms with E-state index in [0.717, 1.165) is 0 Å². The smallest absolute Gasteiger partial charge is 0.321 e. The van der Waals surface area contributed by atoms with E-state index in [1.165, 1.54) is 24.3 Å². The van der Waals surface area contributed by atoms with Crippen molar-refractivity contribution in [2.75, 3.05) is 12.4 Å². The molecule has 0 spiro atoms. The lowest BCUT2D eigenvalue weighted by Crippen LogP contribution is -2.18. The number of Topliss-reactive ketones (excluding diaryl/α,β-unsaturated/α-hetero) is 1. The summed E-state index contributed by atoms with van der Waals surface area (Å²) in [6.45, 7) is 3.47. The zero-order valence-corrected chi connectivity index (χ0v) is 11.7. The van der Waals surface area contributed by atoms with Crippen molar-refractivity contribution < 1.29 is 22.7 Å². The molecular formula is C13H16O5S. The molecule has 0 saturated heterocycles. The maximum absolute atomic E-state index is 11.9. The molecule has 0 N–H and O–H groups in total. The third kappa shape index (κ3) is 4.17. The van der Waals surface area contributed by atoms with Crippen LogP contribution >= 0.6 is 0 Å². The maximum atomic E-state index is 11.9. The van der Waals surface area contributed by atoms with Gasteiger partial charge in [-0.1, -0.05) is 19.1 Å². The van der Waals surface area contributed by atoms with Gasteiger partial charge in [-0.25, -0.2) is 8.42 Å². The van der Waals surface area contributed by atoms with Gasteiger partial charge in [-0.3, -0.25) is 9.59 Å². The van der Waals surface area contributed by atoms with Crippen molar-refractivity contribution in [2.24, 2.45) is 0 Å². The summed E-state index contributed by atoms with van der Waals surface area (Å²) >= 11 is 0. The number of benzene rings is 1. The lowest BCUT2D eigenvalue weighted by molar-refractivity contribution is -0.139. The molecule has 104 valence electrons. The number of hydrogen-bond donors (Lipinski definition) is 0. The van der Waals surface area contributed by atoms with Gasteiger partial charge >= 0.3 is 5.97 Å². The highest BCUT2D eigenvalue weighted by atomic mass is 32.2. The molecule has 1 aromatic carbocycles. The molecule has 0 saturated carbocycles. The number of sulfone groups is 1. The summed E-state index contributed by atoms with van der Waals surface area (Å²) in [5.41, 5.74) is 0.456. The van der Waals surface area contributed by atoms with Crippen LogP contribution in [0.1, 0.15) is 30.6 Å². The van der Waals surface area contributed by atoms with Gasteiger partial charge in [0.1, 0.15) is 0 Å². The largest absolute Gasteiger partial charge is 0.465 e. The van der Waals surface area contributed by atoms with Crippen molar-refractivity contribution in [3.05, 3.63) is 29.8 Å². The Kier molecular flexibility index (Phi) is 5.23. The van der Waals surface area contributed by atoms with Crippen molar-refractivity contribution >= 4 is 21.6 Å². The molecule has 0 fully saturated rings. The zero-order valence-electron chi connectivity index (χ0n) is 10.9. The van der Waals surface area contributed by atoms with Gasteiger partial charge in [-0.2, -0.15) is 0 Å². The third-order valence-electron chi connectivity index (χ3n) is 2.47. The van der Waals surface area contributed by atoms with E-state index in [9.17, 15) is 18.0 Å². The quantitative estimate of drug-likeness (QED) is 0.586. The van der Waals surface area contributed by atoms with Crippen LogP contribution in [-0.4, -0.2) is 32.5 Å². The van der Waals surface area contributed by atoms with E-state index in [1.54, 1.807) is 13.8 Å². The predicted octanol–water partition coefficient (Wildman–Crippen LogP) is 1.62. The number of hydrogen-bond acceptors (Lipinski definition) is 5. The average Bonchev–Trinajstić information content (AvgIpc) is 2.37. The van der Waals surface area contributed by atoms with Crippen LogP contribution in [0.3, 0.4) is 0 Å². The molecule has 0 amide bonds. The monoisotopic (exact) mass is 284 g/mol. The molecule has 0 aliphatic rings. The van der Waals surface area contributed by atoms with Crippen LogP contribution in [0.4, 0.5) is 0 Å². The van der Waals surface area contributed by atoms with Crippen LogP contribution in [0.2, 0.25) is 0 Å². The highest BCUT2D eigenvalue weighted by molar-refractivity contribution is 7.92. The number of esters is 1. The number of carbonyl (C=O) groups is 2. The molecule has 6 heteroatoms. The van der Waals surface area contributed by atoms with Crippen LogP contribution < -0.4 is 0 Å². The predicted molar refractivity (Wildman–Crippen MR) is 69.7 cm³/mol. The van der Waals surface area contributed by atoms with Crippen LogP contribution in [0.5, 0.6) is 0 Å². The van der Waals surface area contributed by atoms with E-state index in [4.69, 9.17) is 0 Å². The Morgan fingerprint density at radius 2 is 1.68 bits per heavy atom. The Morgan fingerprint density at radius 3 is 2.16 bits per heavy atom. The van der Waals surface area contributed by atoms with E-state index < -0.39 is 21.6 Å². The molecule has 0 aliphatic carbocycles. The number of ether oxygens (including phenoxy) is 1. The van der Waals surface area contributed by atoms with Gasteiger partial charge in [-0.05, 0) is 19.1 Å². The molecule has 0 aromatic heterocycles. The zero-order chi connectivity index (χ0) is 14.5. The van der Waals surface area contributed by atoms with Crippen molar-refractivity contribution in [3.63, 3.8) is 0 Å². The summed E-state index contributed by atoms with van der Waals surface area (Å²) in [5, 5.41) is 0. The summed E-state index contributed by atoms with van der Waals surface area (Å²) in [6, 6.07) is 5.56. The maximum Gasteiger partial charge on any atom is 0.321 e. The van der Waals surface area contributed by atoms with Crippen LogP contribution in [0.25, 0.3) is 0 Å². The SMILES string of the molecule is CCOC(=O)CS(=O)(=O)c1ccc(C(=O)CC)cc1. The summed E-state index contributed by atoms with van der Waals surface area (Å²) in [7, 11) is -3.72. The summed E-state index contributed by atoms with van der Waals surface area (Å²) in [6.07, 6.45) is 0.356. The first kappa shape index (κ1) is 15.4. The van der Waals surface area contributed by atoms with Crippen molar-refractivity contribution in [1.29, 1.82) is 0 Å².